The highest BCUT2D eigenvalue weighted by atomic mass is 16.4. The lowest BCUT2D eigenvalue weighted by Crippen LogP contribution is -2.31. The summed E-state index contributed by atoms with van der Waals surface area (Å²) in [6, 6.07) is 19.3. The Morgan fingerprint density at radius 2 is 1.79 bits per heavy atom. The number of para-hydroxylation sites is 1. The molecule has 0 N–H and O–H groups in total. The summed E-state index contributed by atoms with van der Waals surface area (Å²) in [5.74, 6) is 1.92. The molecule has 0 aliphatic carbocycles. The van der Waals surface area contributed by atoms with Gasteiger partial charge in [0.25, 0.3) is 0 Å². The summed E-state index contributed by atoms with van der Waals surface area (Å²) in [5.41, 5.74) is 2.38. The molecule has 0 spiro atoms. The highest BCUT2D eigenvalue weighted by molar-refractivity contribution is 5.80. The molecule has 0 bridgehead atoms. The fourth-order valence-electron chi connectivity index (χ4n) is 3.18. The molecule has 1 atom stereocenters. The third-order valence-electron chi connectivity index (χ3n) is 5.06. The van der Waals surface area contributed by atoms with Gasteiger partial charge in [0.2, 0.25) is 11.8 Å². The average Bonchev–Trinajstić information content (AvgIpc) is 3.31. The Morgan fingerprint density at radius 1 is 1.07 bits per heavy atom. The zero-order valence-corrected chi connectivity index (χ0v) is 16.2. The zero-order chi connectivity index (χ0) is 19.7. The Bertz CT molecular complexity index is 1080. The van der Waals surface area contributed by atoms with Crippen LogP contribution in [0.4, 0.5) is 0 Å². The summed E-state index contributed by atoms with van der Waals surface area (Å²) in [5, 5.41) is 1.03. The molecule has 0 aliphatic heterocycles. The van der Waals surface area contributed by atoms with Gasteiger partial charge in [-0.05, 0) is 38.1 Å². The van der Waals surface area contributed by atoms with E-state index in [1.165, 1.54) is 0 Å². The third kappa shape index (κ3) is 3.43. The lowest BCUT2D eigenvalue weighted by molar-refractivity contribution is -0.131. The van der Waals surface area contributed by atoms with E-state index in [1.54, 1.807) is 11.9 Å². The van der Waals surface area contributed by atoms with Crippen molar-refractivity contribution in [2.45, 2.75) is 26.3 Å². The van der Waals surface area contributed by atoms with E-state index in [9.17, 15) is 4.79 Å². The van der Waals surface area contributed by atoms with Crippen molar-refractivity contribution in [2.24, 2.45) is 0 Å². The highest BCUT2D eigenvalue weighted by Crippen LogP contribution is 2.27. The number of oxazole rings is 1. The van der Waals surface area contributed by atoms with Crippen LogP contribution in [0.5, 0.6) is 0 Å². The van der Waals surface area contributed by atoms with Crippen LogP contribution in [0.3, 0.4) is 0 Å². The molecular weight excluding hydrogens is 352 g/mol. The quantitative estimate of drug-likeness (QED) is 0.484. The van der Waals surface area contributed by atoms with Gasteiger partial charge in [-0.2, -0.15) is 0 Å². The second-order valence-electron chi connectivity index (χ2n) is 6.93. The average molecular weight is 374 g/mol. The van der Waals surface area contributed by atoms with Gasteiger partial charge in [-0.1, -0.05) is 36.4 Å². The number of carbonyl (C=O) groups excluding carboxylic acids is 1. The smallest absolute Gasteiger partial charge is 0.229 e. The lowest BCUT2D eigenvalue weighted by Gasteiger charge is -2.23. The van der Waals surface area contributed by atoms with E-state index in [4.69, 9.17) is 8.83 Å². The second kappa shape index (κ2) is 7.35. The van der Waals surface area contributed by atoms with Crippen molar-refractivity contribution in [3.8, 4) is 11.5 Å². The molecule has 0 saturated heterocycles. The molecule has 1 unspecified atom stereocenters. The normalized spacial score (nSPS) is 12.2. The molecule has 4 rings (SSSR count). The Morgan fingerprint density at radius 3 is 2.54 bits per heavy atom. The third-order valence-corrected chi connectivity index (χ3v) is 5.06. The number of benzene rings is 2. The van der Waals surface area contributed by atoms with Gasteiger partial charge >= 0.3 is 0 Å². The number of amides is 1. The SMILES string of the molecule is Cc1oc(-c2ccccc2)nc1CC(=O)N(C)C(C)c1cc2ccccc2o1. The van der Waals surface area contributed by atoms with E-state index in [1.807, 2.05) is 74.5 Å². The molecular formula is C23H22N2O3. The second-order valence-corrected chi connectivity index (χ2v) is 6.93. The van der Waals surface area contributed by atoms with Gasteiger partial charge in [0.1, 0.15) is 17.1 Å². The Kier molecular flexibility index (Phi) is 4.74. The first kappa shape index (κ1) is 18.0. The van der Waals surface area contributed by atoms with E-state index in [0.29, 0.717) is 17.3 Å². The fraction of sp³-hybridized carbons (Fsp3) is 0.217. The summed E-state index contributed by atoms with van der Waals surface area (Å²) in [7, 11) is 1.79. The van der Waals surface area contributed by atoms with Gasteiger partial charge in [0.05, 0.1) is 18.2 Å². The molecule has 0 fully saturated rings. The number of fused-ring (bicyclic) bond motifs is 1. The summed E-state index contributed by atoms with van der Waals surface area (Å²) < 4.78 is 11.7. The van der Waals surface area contributed by atoms with Crippen LogP contribution in [0.1, 0.15) is 30.2 Å². The molecule has 5 nitrogen and oxygen atoms in total. The van der Waals surface area contributed by atoms with Crippen LogP contribution in [0, 0.1) is 6.92 Å². The lowest BCUT2D eigenvalue weighted by atomic mass is 10.1. The van der Waals surface area contributed by atoms with E-state index in [-0.39, 0.29) is 18.4 Å². The van der Waals surface area contributed by atoms with Crippen molar-refractivity contribution in [3.63, 3.8) is 0 Å². The van der Waals surface area contributed by atoms with Gasteiger partial charge in [0, 0.05) is 18.0 Å². The van der Waals surface area contributed by atoms with Crippen LogP contribution in [0.15, 0.2) is 69.5 Å². The Balaban J connectivity index is 1.50. The van der Waals surface area contributed by atoms with E-state index >= 15 is 0 Å². The summed E-state index contributed by atoms with van der Waals surface area (Å²) in [6.45, 7) is 3.80. The van der Waals surface area contributed by atoms with Crippen molar-refractivity contribution in [3.05, 3.63) is 77.9 Å². The minimum absolute atomic E-state index is 0.0380. The fourth-order valence-corrected chi connectivity index (χ4v) is 3.18. The number of hydrogen-bond donors (Lipinski definition) is 0. The largest absolute Gasteiger partial charge is 0.459 e. The molecule has 0 aliphatic rings. The molecule has 2 heterocycles. The summed E-state index contributed by atoms with van der Waals surface area (Å²) in [6.07, 6.45) is 0.184. The molecule has 142 valence electrons. The minimum atomic E-state index is -0.180. The first-order chi connectivity index (χ1) is 13.5. The first-order valence-electron chi connectivity index (χ1n) is 9.29. The van der Waals surface area contributed by atoms with Crippen LogP contribution in [-0.2, 0) is 11.2 Å². The molecule has 2 aromatic carbocycles. The number of likely N-dealkylation sites (N-methyl/N-ethyl adjacent to an activating group) is 1. The maximum atomic E-state index is 12.8. The van der Waals surface area contributed by atoms with Crippen LogP contribution in [0.25, 0.3) is 22.4 Å². The zero-order valence-electron chi connectivity index (χ0n) is 16.2. The molecule has 28 heavy (non-hydrogen) atoms. The molecule has 2 aromatic heterocycles. The molecule has 0 radical (unpaired) electrons. The van der Waals surface area contributed by atoms with Crippen LogP contribution in [-0.4, -0.2) is 22.8 Å². The predicted octanol–water partition coefficient (Wildman–Crippen LogP) is 5.16. The predicted molar refractivity (Wildman–Crippen MR) is 108 cm³/mol. The summed E-state index contributed by atoms with van der Waals surface area (Å²) >= 11 is 0. The maximum Gasteiger partial charge on any atom is 0.229 e. The number of rotatable bonds is 5. The topological polar surface area (TPSA) is 59.5 Å². The molecule has 1 amide bonds. The van der Waals surface area contributed by atoms with E-state index in [0.717, 1.165) is 22.3 Å². The highest BCUT2D eigenvalue weighted by Gasteiger charge is 2.23. The van der Waals surface area contributed by atoms with Gasteiger partial charge < -0.3 is 13.7 Å². The first-order valence-corrected chi connectivity index (χ1v) is 9.29. The molecule has 0 saturated carbocycles. The van der Waals surface area contributed by atoms with Crippen LogP contribution < -0.4 is 0 Å². The number of furan rings is 1. The molecule has 5 heteroatoms. The van der Waals surface area contributed by atoms with Gasteiger partial charge in [0.15, 0.2) is 0 Å². The maximum absolute atomic E-state index is 12.8. The minimum Gasteiger partial charge on any atom is -0.459 e. The van der Waals surface area contributed by atoms with Crippen molar-refractivity contribution in [1.29, 1.82) is 0 Å². The molecule has 4 aromatic rings. The van der Waals surface area contributed by atoms with Crippen molar-refractivity contribution < 1.29 is 13.6 Å². The summed E-state index contributed by atoms with van der Waals surface area (Å²) in [4.78, 5) is 19.1. The number of aromatic nitrogens is 1. The van der Waals surface area contributed by atoms with Gasteiger partial charge in [-0.3, -0.25) is 4.79 Å². The van der Waals surface area contributed by atoms with Crippen LogP contribution >= 0.6 is 0 Å². The van der Waals surface area contributed by atoms with Crippen molar-refractivity contribution in [2.75, 3.05) is 7.05 Å². The van der Waals surface area contributed by atoms with Crippen molar-refractivity contribution in [1.82, 2.24) is 9.88 Å². The number of nitrogens with zero attached hydrogens (tertiary/aromatic N) is 2. The number of aryl methyl sites for hydroxylation is 1. The van der Waals surface area contributed by atoms with E-state index < -0.39 is 0 Å². The Labute approximate surface area is 163 Å². The van der Waals surface area contributed by atoms with E-state index in [2.05, 4.69) is 4.98 Å². The van der Waals surface area contributed by atoms with Gasteiger partial charge in [-0.25, -0.2) is 4.98 Å². The number of hydrogen-bond acceptors (Lipinski definition) is 4. The van der Waals surface area contributed by atoms with Gasteiger partial charge in [-0.15, -0.1) is 0 Å². The standard InChI is InChI=1S/C23H22N2O3/c1-15(21-13-18-11-7-8-12-20(18)28-21)25(3)22(26)14-19-16(2)27-23(24-19)17-9-5-4-6-10-17/h4-13,15H,14H2,1-3H3. The Hall–Kier alpha value is -3.34. The monoisotopic (exact) mass is 374 g/mol. The van der Waals surface area contributed by atoms with Crippen molar-refractivity contribution >= 4 is 16.9 Å². The van der Waals surface area contributed by atoms with Crippen LogP contribution in [0.2, 0.25) is 0 Å². The number of carbonyl (C=O) groups is 1.